The molecule has 2 rings (SSSR count). The lowest BCUT2D eigenvalue weighted by molar-refractivity contribution is 0.590. The summed E-state index contributed by atoms with van der Waals surface area (Å²) >= 11 is 0. The Bertz CT molecular complexity index is 350. The van der Waals surface area contributed by atoms with Gasteiger partial charge in [0.15, 0.2) is 0 Å². The van der Waals surface area contributed by atoms with Crippen molar-refractivity contribution in [3.05, 3.63) is 35.4 Å². The van der Waals surface area contributed by atoms with E-state index in [9.17, 15) is 0 Å². The maximum absolute atomic E-state index is 5.67. The van der Waals surface area contributed by atoms with Crippen molar-refractivity contribution in [2.24, 2.45) is 5.73 Å². The molecule has 0 amide bonds. The van der Waals surface area contributed by atoms with Crippen molar-refractivity contribution in [3.8, 4) is 0 Å². The average Bonchev–Trinajstić information content (AvgIpc) is 2.68. The minimum Gasteiger partial charge on any atom is -0.330 e. The third-order valence-electron chi connectivity index (χ3n) is 4.41. The minimum absolute atomic E-state index is 0.598. The highest BCUT2D eigenvalue weighted by atomic mass is 14.5. The van der Waals surface area contributed by atoms with Gasteiger partial charge in [0.25, 0.3) is 0 Å². The Balaban J connectivity index is 2.10. The molecule has 1 aliphatic carbocycles. The van der Waals surface area contributed by atoms with Crippen LogP contribution in [0.15, 0.2) is 24.3 Å². The van der Waals surface area contributed by atoms with Crippen LogP contribution in [0.1, 0.15) is 74.8 Å². The monoisotopic (exact) mass is 245 g/mol. The minimum atomic E-state index is 0.598. The second-order valence-corrected chi connectivity index (χ2v) is 5.84. The van der Waals surface area contributed by atoms with Crippen LogP contribution in [0.3, 0.4) is 0 Å². The van der Waals surface area contributed by atoms with Crippen LogP contribution in [0.4, 0.5) is 0 Å². The van der Waals surface area contributed by atoms with Crippen molar-refractivity contribution in [1.82, 2.24) is 0 Å². The van der Waals surface area contributed by atoms with Gasteiger partial charge in [0.2, 0.25) is 0 Å². The molecule has 1 fully saturated rings. The fourth-order valence-corrected chi connectivity index (χ4v) is 3.15. The molecule has 18 heavy (non-hydrogen) atoms. The highest BCUT2D eigenvalue weighted by molar-refractivity contribution is 5.28. The topological polar surface area (TPSA) is 26.0 Å². The van der Waals surface area contributed by atoms with Gasteiger partial charge in [-0.05, 0) is 48.8 Å². The summed E-state index contributed by atoms with van der Waals surface area (Å²) in [4.78, 5) is 0. The molecule has 0 aromatic heterocycles. The summed E-state index contributed by atoms with van der Waals surface area (Å²) in [5, 5.41) is 0. The molecule has 0 aliphatic heterocycles. The number of benzene rings is 1. The molecule has 1 aromatic rings. The van der Waals surface area contributed by atoms with Crippen LogP contribution in [-0.4, -0.2) is 6.54 Å². The number of hydrogen-bond acceptors (Lipinski definition) is 1. The molecule has 0 bridgehead atoms. The molecule has 0 spiro atoms. The van der Waals surface area contributed by atoms with Crippen LogP contribution < -0.4 is 5.73 Å². The number of rotatable bonds is 4. The Morgan fingerprint density at radius 2 is 1.89 bits per heavy atom. The van der Waals surface area contributed by atoms with Gasteiger partial charge < -0.3 is 5.73 Å². The van der Waals surface area contributed by atoms with Gasteiger partial charge in [0, 0.05) is 0 Å². The van der Waals surface area contributed by atoms with Crippen LogP contribution in [0, 0.1) is 0 Å². The van der Waals surface area contributed by atoms with E-state index in [4.69, 9.17) is 5.73 Å². The normalized spacial score (nSPS) is 19.4. The van der Waals surface area contributed by atoms with Gasteiger partial charge in [-0.15, -0.1) is 0 Å². The van der Waals surface area contributed by atoms with Gasteiger partial charge in [-0.1, -0.05) is 56.9 Å². The Morgan fingerprint density at radius 3 is 2.56 bits per heavy atom. The Kier molecular flexibility index (Phi) is 5.25. The molecule has 1 aromatic carbocycles. The number of nitrogens with two attached hydrogens (primary N) is 1. The fourth-order valence-electron chi connectivity index (χ4n) is 3.15. The molecule has 1 heteroatoms. The van der Waals surface area contributed by atoms with Gasteiger partial charge in [0.1, 0.15) is 0 Å². The molecule has 1 nitrogen and oxygen atoms in total. The summed E-state index contributed by atoms with van der Waals surface area (Å²) in [6, 6.07) is 9.27. The second kappa shape index (κ2) is 6.94. The Labute approximate surface area is 112 Å². The molecular formula is C17H27N. The van der Waals surface area contributed by atoms with E-state index < -0.39 is 0 Å². The molecule has 100 valence electrons. The molecule has 0 radical (unpaired) electrons. The van der Waals surface area contributed by atoms with Gasteiger partial charge >= 0.3 is 0 Å². The zero-order valence-corrected chi connectivity index (χ0v) is 11.7. The predicted molar refractivity (Wildman–Crippen MR) is 79.0 cm³/mol. The molecule has 1 saturated carbocycles. The van der Waals surface area contributed by atoms with Crippen LogP contribution in [-0.2, 0) is 0 Å². The maximum atomic E-state index is 5.67. The summed E-state index contributed by atoms with van der Waals surface area (Å²) in [5.74, 6) is 1.40. The van der Waals surface area contributed by atoms with Crippen molar-refractivity contribution in [2.45, 2.75) is 63.7 Å². The van der Waals surface area contributed by atoms with Crippen molar-refractivity contribution in [2.75, 3.05) is 6.54 Å². The Morgan fingerprint density at radius 1 is 1.17 bits per heavy atom. The summed E-state index contributed by atoms with van der Waals surface area (Å²) in [7, 11) is 0. The molecule has 1 unspecified atom stereocenters. The van der Waals surface area contributed by atoms with Crippen molar-refractivity contribution < 1.29 is 0 Å². The standard InChI is InChI=1S/C17H27N/c1-14(11-12-18)16-9-6-10-17(13-16)15-7-4-2-3-5-8-15/h6,9-10,13-15H,2-5,7-8,11-12,18H2,1H3. The van der Waals surface area contributed by atoms with E-state index in [0.717, 1.165) is 18.9 Å². The van der Waals surface area contributed by atoms with Crippen LogP contribution >= 0.6 is 0 Å². The van der Waals surface area contributed by atoms with E-state index in [0.29, 0.717) is 5.92 Å². The molecule has 1 aliphatic rings. The van der Waals surface area contributed by atoms with Crippen molar-refractivity contribution >= 4 is 0 Å². The van der Waals surface area contributed by atoms with E-state index in [-0.39, 0.29) is 0 Å². The highest BCUT2D eigenvalue weighted by Crippen LogP contribution is 2.33. The second-order valence-electron chi connectivity index (χ2n) is 5.84. The van der Waals surface area contributed by atoms with E-state index in [1.54, 1.807) is 5.56 Å². The van der Waals surface area contributed by atoms with E-state index >= 15 is 0 Å². The largest absolute Gasteiger partial charge is 0.330 e. The lowest BCUT2D eigenvalue weighted by atomic mass is 9.88. The van der Waals surface area contributed by atoms with Gasteiger partial charge in [-0.25, -0.2) is 0 Å². The van der Waals surface area contributed by atoms with Gasteiger partial charge in [0.05, 0.1) is 0 Å². The first-order valence-corrected chi connectivity index (χ1v) is 7.61. The maximum Gasteiger partial charge on any atom is -0.00715 e. The molecule has 2 N–H and O–H groups in total. The first-order valence-electron chi connectivity index (χ1n) is 7.61. The fraction of sp³-hybridized carbons (Fsp3) is 0.647. The van der Waals surface area contributed by atoms with Crippen molar-refractivity contribution in [3.63, 3.8) is 0 Å². The summed E-state index contributed by atoms with van der Waals surface area (Å²) in [6.07, 6.45) is 9.54. The molecule has 0 saturated heterocycles. The third kappa shape index (κ3) is 3.58. The zero-order chi connectivity index (χ0) is 12.8. The quantitative estimate of drug-likeness (QED) is 0.772. The van der Waals surface area contributed by atoms with E-state index in [1.165, 1.54) is 44.1 Å². The average molecular weight is 245 g/mol. The van der Waals surface area contributed by atoms with E-state index in [1.807, 2.05) is 0 Å². The van der Waals surface area contributed by atoms with Crippen LogP contribution in [0.25, 0.3) is 0 Å². The van der Waals surface area contributed by atoms with E-state index in [2.05, 4.69) is 31.2 Å². The lowest BCUT2D eigenvalue weighted by Crippen LogP contribution is -2.05. The Hall–Kier alpha value is -0.820. The smallest absolute Gasteiger partial charge is 0.00715 e. The SMILES string of the molecule is CC(CCN)c1cccc(C2CCCCCC2)c1. The summed E-state index contributed by atoms with van der Waals surface area (Å²) in [6.45, 7) is 3.08. The summed E-state index contributed by atoms with van der Waals surface area (Å²) < 4.78 is 0. The molecule has 1 atom stereocenters. The third-order valence-corrected chi connectivity index (χ3v) is 4.41. The highest BCUT2D eigenvalue weighted by Gasteiger charge is 2.15. The lowest BCUT2D eigenvalue weighted by Gasteiger charge is -2.17. The van der Waals surface area contributed by atoms with Gasteiger partial charge in [-0.2, -0.15) is 0 Å². The molecule has 0 heterocycles. The zero-order valence-electron chi connectivity index (χ0n) is 11.7. The van der Waals surface area contributed by atoms with Gasteiger partial charge in [-0.3, -0.25) is 0 Å². The predicted octanol–water partition coefficient (Wildman–Crippen LogP) is 4.58. The number of hydrogen-bond donors (Lipinski definition) is 1. The van der Waals surface area contributed by atoms with Crippen LogP contribution in [0.2, 0.25) is 0 Å². The molecular weight excluding hydrogens is 218 g/mol. The first kappa shape index (κ1) is 13.6. The van der Waals surface area contributed by atoms with Crippen LogP contribution in [0.5, 0.6) is 0 Å². The van der Waals surface area contributed by atoms with Crippen molar-refractivity contribution in [1.29, 1.82) is 0 Å². The first-order chi connectivity index (χ1) is 8.81. The summed E-state index contributed by atoms with van der Waals surface area (Å²) in [5.41, 5.74) is 8.71.